The molecule has 3 aromatic rings. The lowest BCUT2D eigenvalue weighted by Gasteiger charge is -2.13. The Labute approximate surface area is 170 Å². The first-order chi connectivity index (χ1) is 14.3. The number of benzene rings is 1. The molecule has 8 nitrogen and oxygen atoms in total. The fourth-order valence-corrected chi connectivity index (χ4v) is 3.40. The lowest BCUT2D eigenvalue weighted by Crippen LogP contribution is -2.42. The molecule has 2 aromatic heterocycles. The van der Waals surface area contributed by atoms with Crippen LogP contribution in [0.4, 0.5) is 8.78 Å². The van der Waals surface area contributed by atoms with E-state index in [4.69, 9.17) is 4.52 Å². The highest BCUT2D eigenvalue weighted by Gasteiger charge is 2.19. The minimum Gasteiger partial charge on any atom is -0.388 e. The minimum atomic E-state index is -1.18. The Bertz CT molecular complexity index is 1180. The van der Waals surface area contributed by atoms with Crippen molar-refractivity contribution in [3.8, 4) is 0 Å². The van der Waals surface area contributed by atoms with Crippen molar-refractivity contribution in [1.29, 1.82) is 0 Å². The Morgan fingerprint density at radius 3 is 2.53 bits per heavy atom. The lowest BCUT2D eigenvalue weighted by atomic mass is 10.1. The van der Waals surface area contributed by atoms with E-state index in [9.17, 15) is 23.5 Å². The van der Waals surface area contributed by atoms with Crippen LogP contribution < -0.4 is 11.2 Å². The van der Waals surface area contributed by atoms with Crippen molar-refractivity contribution in [2.75, 3.05) is 0 Å². The third-order valence-electron chi connectivity index (χ3n) is 4.97. The van der Waals surface area contributed by atoms with Gasteiger partial charge in [-0.1, -0.05) is 25.1 Å². The molecular weight excluding hydrogens is 398 g/mol. The summed E-state index contributed by atoms with van der Waals surface area (Å²) in [4.78, 5) is 29.4. The van der Waals surface area contributed by atoms with Gasteiger partial charge in [-0.3, -0.25) is 9.36 Å². The molecule has 0 fully saturated rings. The van der Waals surface area contributed by atoms with Gasteiger partial charge in [0.05, 0.1) is 6.10 Å². The summed E-state index contributed by atoms with van der Waals surface area (Å²) in [5.74, 6) is -1.96. The average molecular weight is 420 g/mol. The topological polar surface area (TPSA) is 103 Å². The largest absolute Gasteiger partial charge is 0.388 e. The molecule has 1 N–H and O–H groups in total. The summed E-state index contributed by atoms with van der Waals surface area (Å²) in [5.41, 5.74) is 0.500. The van der Waals surface area contributed by atoms with Crippen molar-refractivity contribution >= 4 is 0 Å². The molecule has 0 aliphatic heterocycles. The quantitative estimate of drug-likeness (QED) is 0.624. The average Bonchev–Trinajstić information content (AvgIpc) is 3.16. The molecule has 0 unspecified atom stereocenters. The second-order valence-corrected chi connectivity index (χ2v) is 6.86. The van der Waals surface area contributed by atoms with E-state index >= 15 is 0 Å². The summed E-state index contributed by atoms with van der Waals surface area (Å²) < 4.78 is 34.0. The zero-order valence-corrected chi connectivity index (χ0v) is 16.9. The fraction of sp³-hybridized carbons (Fsp3) is 0.400. The van der Waals surface area contributed by atoms with Gasteiger partial charge in [-0.2, -0.15) is 4.98 Å². The van der Waals surface area contributed by atoms with Gasteiger partial charge in [-0.05, 0) is 30.5 Å². The van der Waals surface area contributed by atoms with Crippen LogP contribution in [0, 0.1) is 11.6 Å². The Balaban J connectivity index is 1.84. The highest BCUT2D eigenvalue weighted by atomic mass is 19.2. The van der Waals surface area contributed by atoms with E-state index < -0.39 is 29.0 Å². The first kappa shape index (κ1) is 21.6. The molecule has 30 heavy (non-hydrogen) atoms. The van der Waals surface area contributed by atoms with Gasteiger partial charge in [0.15, 0.2) is 17.5 Å². The second-order valence-electron chi connectivity index (χ2n) is 6.86. The maximum atomic E-state index is 13.3. The number of aliphatic hydroxyl groups excluding tert-OH is 1. The normalized spacial score (nSPS) is 12.3. The van der Waals surface area contributed by atoms with Gasteiger partial charge < -0.3 is 14.2 Å². The number of hydrogen-bond donors (Lipinski definition) is 1. The molecule has 0 spiro atoms. The first-order valence-electron chi connectivity index (χ1n) is 9.52. The molecule has 0 saturated heterocycles. The van der Waals surface area contributed by atoms with E-state index in [1.54, 1.807) is 7.05 Å². The molecule has 2 heterocycles. The van der Waals surface area contributed by atoms with Gasteiger partial charge in [0.2, 0.25) is 5.89 Å². The predicted octanol–water partition coefficient (Wildman–Crippen LogP) is 1.66. The summed E-state index contributed by atoms with van der Waals surface area (Å²) >= 11 is 0. The molecule has 1 atom stereocenters. The van der Waals surface area contributed by atoms with Crippen LogP contribution in [0.1, 0.15) is 48.5 Å². The predicted molar refractivity (Wildman–Crippen MR) is 103 cm³/mol. The van der Waals surface area contributed by atoms with Gasteiger partial charge in [-0.25, -0.2) is 13.6 Å². The number of aromatic nitrogens is 4. The minimum absolute atomic E-state index is 0.0213. The van der Waals surface area contributed by atoms with Crippen LogP contribution in [0.25, 0.3) is 0 Å². The smallest absolute Gasteiger partial charge is 0.331 e. The highest BCUT2D eigenvalue weighted by molar-refractivity contribution is 5.21. The van der Waals surface area contributed by atoms with Crippen LogP contribution in [-0.4, -0.2) is 24.4 Å². The SMILES string of the molecule is CCc1c(CC)n(C)c(=O)n(Cc2nc(C[C@H](O)c3ccc(F)c(F)c3)no2)c1=O. The molecule has 0 radical (unpaired) electrons. The molecular formula is C20H22F2N4O4. The molecule has 1 aromatic carbocycles. The Hall–Kier alpha value is -3.14. The molecule has 0 aliphatic rings. The fourth-order valence-electron chi connectivity index (χ4n) is 3.40. The van der Waals surface area contributed by atoms with Gasteiger partial charge in [0, 0.05) is 24.7 Å². The van der Waals surface area contributed by atoms with Crippen molar-refractivity contribution in [3.05, 3.63) is 79.2 Å². The molecule has 3 rings (SSSR count). The number of rotatable bonds is 7. The van der Waals surface area contributed by atoms with Crippen molar-refractivity contribution in [2.24, 2.45) is 7.05 Å². The van der Waals surface area contributed by atoms with Gasteiger partial charge in [0.25, 0.3) is 5.56 Å². The van der Waals surface area contributed by atoms with Crippen molar-refractivity contribution in [1.82, 2.24) is 19.3 Å². The van der Waals surface area contributed by atoms with Crippen LogP contribution in [0.5, 0.6) is 0 Å². The third-order valence-corrected chi connectivity index (χ3v) is 4.97. The molecule has 0 amide bonds. The van der Waals surface area contributed by atoms with E-state index in [0.717, 1.165) is 16.7 Å². The zero-order chi connectivity index (χ0) is 22.0. The molecule has 10 heteroatoms. The maximum absolute atomic E-state index is 13.3. The molecule has 160 valence electrons. The van der Waals surface area contributed by atoms with Crippen LogP contribution in [0.2, 0.25) is 0 Å². The van der Waals surface area contributed by atoms with Gasteiger partial charge in [0.1, 0.15) is 6.54 Å². The Morgan fingerprint density at radius 2 is 1.90 bits per heavy atom. The Morgan fingerprint density at radius 1 is 1.17 bits per heavy atom. The third kappa shape index (κ3) is 4.09. The number of nitrogens with zero attached hydrogens (tertiary/aromatic N) is 4. The monoisotopic (exact) mass is 420 g/mol. The van der Waals surface area contributed by atoms with Crippen molar-refractivity contribution in [3.63, 3.8) is 0 Å². The first-order valence-corrected chi connectivity index (χ1v) is 9.52. The van der Waals surface area contributed by atoms with Crippen LogP contribution in [0.15, 0.2) is 32.3 Å². The van der Waals surface area contributed by atoms with Gasteiger partial charge >= 0.3 is 5.69 Å². The van der Waals surface area contributed by atoms with E-state index in [1.807, 2.05) is 13.8 Å². The van der Waals surface area contributed by atoms with E-state index in [0.29, 0.717) is 24.1 Å². The van der Waals surface area contributed by atoms with E-state index in [2.05, 4.69) is 10.1 Å². The summed E-state index contributed by atoms with van der Waals surface area (Å²) in [6, 6.07) is 3.07. The van der Waals surface area contributed by atoms with Crippen LogP contribution in [0.3, 0.4) is 0 Å². The molecule has 0 aliphatic carbocycles. The molecule has 0 bridgehead atoms. The summed E-state index contributed by atoms with van der Waals surface area (Å²) in [6.07, 6.45) is -0.267. The van der Waals surface area contributed by atoms with Crippen molar-refractivity contribution < 1.29 is 18.4 Å². The van der Waals surface area contributed by atoms with Crippen LogP contribution >= 0.6 is 0 Å². The second kappa shape index (κ2) is 8.70. The van der Waals surface area contributed by atoms with Gasteiger partial charge in [-0.15, -0.1) is 0 Å². The number of hydrogen-bond acceptors (Lipinski definition) is 6. The maximum Gasteiger partial charge on any atom is 0.331 e. The highest BCUT2D eigenvalue weighted by Crippen LogP contribution is 2.19. The standard InChI is InChI=1S/C20H22F2N4O4/c1-4-12-15(5-2)25(3)20(29)26(19(12)28)10-18-23-17(24-30-18)9-16(27)11-6-7-13(21)14(22)8-11/h6-8,16,27H,4-5,9-10H2,1-3H3/t16-/m0/s1. The Kier molecular flexibility index (Phi) is 6.25. The summed E-state index contributed by atoms with van der Waals surface area (Å²) in [7, 11) is 1.60. The van der Waals surface area contributed by atoms with E-state index in [-0.39, 0.29) is 30.2 Å². The number of halogens is 2. The lowest BCUT2D eigenvalue weighted by molar-refractivity contribution is 0.174. The van der Waals surface area contributed by atoms with Crippen LogP contribution in [-0.2, 0) is 32.9 Å². The summed E-state index contributed by atoms with van der Waals surface area (Å²) in [5, 5.41) is 14.0. The summed E-state index contributed by atoms with van der Waals surface area (Å²) in [6.45, 7) is 3.51. The zero-order valence-electron chi connectivity index (χ0n) is 16.9. The molecule has 0 saturated carbocycles. The number of aliphatic hydroxyl groups is 1. The van der Waals surface area contributed by atoms with E-state index in [1.165, 1.54) is 10.6 Å². The van der Waals surface area contributed by atoms with Crippen molar-refractivity contribution in [2.45, 2.75) is 45.8 Å².